The van der Waals surface area contributed by atoms with Crippen molar-refractivity contribution in [1.29, 1.82) is 0 Å². The second-order valence-electron chi connectivity index (χ2n) is 4.52. The van der Waals surface area contributed by atoms with Gasteiger partial charge in [-0.1, -0.05) is 29.3 Å². The number of halogens is 2. The van der Waals surface area contributed by atoms with Gasteiger partial charge in [0.15, 0.2) is 6.61 Å². The van der Waals surface area contributed by atoms with Gasteiger partial charge >= 0.3 is 5.97 Å². The molecule has 22 heavy (non-hydrogen) atoms. The minimum Gasteiger partial charge on any atom is -0.451 e. The third-order valence-electron chi connectivity index (χ3n) is 2.87. The number of nitrogens with one attached hydrogen (secondary N) is 1. The zero-order valence-corrected chi connectivity index (χ0v) is 14.0. The zero-order chi connectivity index (χ0) is 16.1. The van der Waals surface area contributed by atoms with Crippen molar-refractivity contribution in [2.45, 2.75) is 13.5 Å². The van der Waals surface area contributed by atoms with Crippen LogP contribution in [0.2, 0.25) is 10.0 Å². The molecule has 0 bridgehead atoms. The van der Waals surface area contributed by atoms with Crippen molar-refractivity contribution in [3.8, 4) is 0 Å². The maximum Gasteiger partial charge on any atom is 0.349 e. The van der Waals surface area contributed by atoms with E-state index in [1.54, 1.807) is 23.6 Å². The van der Waals surface area contributed by atoms with E-state index in [0.29, 0.717) is 14.9 Å². The van der Waals surface area contributed by atoms with Gasteiger partial charge in [0.1, 0.15) is 4.88 Å². The number of aryl methyl sites for hydroxylation is 1. The summed E-state index contributed by atoms with van der Waals surface area (Å²) in [4.78, 5) is 24.0. The maximum atomic E-state index is 11.8. The molecule has 0 saturated carbocycles. The van der Waals surface area contributed by atoms with Crippen LogP contribution in [0, 0.1) is 6.92 Å². The van der Waals surface area contributed by atoms with Gasteiger partial charge in [0.05, 0.1) is 0 Å². The Morgan fingerprint density at radius 2 is 2.05 bits per heavy atom. The Balaban J connectivity index is 1.81. The van der Waals surface area contributed by atoms with Crippen LogP contribution in [0.15, 0.2) is 29.6 Å². The molecule has 0 aliphatic rings. The molecule has 0 aliphatic carbocycles. The Labute approximate surface area is 142 Å². The highest BCUT2D eigenvalue weighted by Crippen LogP contribution is 2.20. The molecule has 1 heterocycles. The molecule has 1 aromatic heterocycles. The van der Waals surface area contributed by atoms with Gasteiger partial charge in [-0.25, -0.2) is 4.79 Å². The number of hydrogen-bond donors (Lipinski definition) is 1. The maximum absolute atomic E-state index is 11.8. The Morgan fingerprint density at radius 3 is 2.68 bits per heavy atom. The minimum absolute atomic E-state index is 0.240. The molecule has 1 amide bonds. The van der Waals surface area contributed by atoms with Crippen molar-refractivity contribution in [2.24, 2.45) is 0 Å². The molecule has 0 atom stereocenters. The average molecular weight is 358 g/mol. The largest absolute Gasteiger partial charge is 0.451 e. The summed E-state index contributed by atoms with van der Waals surface area (Å²) in [5, 5.41) is 5.43. The Bertz CT molecular complexity index is 700. The van der Waals surface area contributed by atoms with E-state index in [2.05, 4.69) is 5.32 Å². The summed E-state index contributed by atoms with van der Waals surface area (Å²) < 4.78 is 4.97. The molecule has 0 fully saturated rings. The van der Waals surface area contributed by atoms with Crippen molar-refractivity contribution in [1.82, 2.24) is 5.32 Å². The van der Waals surface area contributed by atoms with Crippen LogP contribution in [-0.2, 0) is 16.1 Å². The first-order valence-corrected chi connectivity index (χ1v) is 8.03. The number of rotatable bonds is 5. The van der Waals surface area contributed by atoms with Gasteiger partial charge in [-0.3, -0.25) is 4.79 Å². The fourth-order valence-corrected chi connectivity index (χ4v) is 2.98. The summed E-state index contributed by atoms with van der Waals surface area (Å²) in [7, 11) is 0. The molecular formula is C15H13Cl2NO3S. The van der Waals surface area contributed by atoms with Crippen molar-refractivity contribution >= 4 is 46.4 Å². The lowest BCUT2D eigenvalue weighted by molar-refractivity contribution is -0.124. The van der Waals surface area contributed by atoms with Gasteiger partial charge in [0.2, 0.25) is 0 Å². The average Bonchev–Trinajstić information content (AvgIpc) is 2.90. The third-order valence-corrected chi connectivity index (χ3v) is 4.46. The highest BCUT2D eigenvalue weighted by molar-refractivity contribution is 7.12. The molecule has 1 aromatic carbocycles. The lowest BCUT2D eigenvalue weighted by Crippen LogP contribution is -2.28. The van der Waals surface area contributed by atoms with E-state index in [1.165, 1.54) is 11.3 Å². The van der Waals surface area contributed by atoms with Crippen LogP contribution in [0.4, 0.5) is 0 Å². The molecule has 0 radical (unpaired) electrons. The lowest BCUT2D eigenvalue weighted by atomic mass is 10.2. The van der Waals surface area contributed by atoms with Crippen molar-refractivity contribution in [3.05, 3.63) is 55.7 Å². The van der Waals surface area contributed by atoms with Gasteiger partial charge in [-0.2, -0.15) is 0 Å². The molecule has 2 rings (SSSR count). The SMILES string of the molecule is Cc1ccsc1C(=O)OCC(=O)NCc1ccc(Cl)cc1Cl. The van der Waals surface area contributed by atoms with Gasteiger partial charge in [-0.15, -0.1) is 11.3 Å². The molecule has 7 heteroatoms. The van der Waals surface area contributed by atoms with E-state index < -0.39 is 11.9 Å². The number of amides is 1. The predicted octanol–water partition coefficient (Wildman–Crippen LogP) is 3.84. The Kier molecular flexibility index (Phi) is 5.83. The number of esters is 1. The van der Waals surface area contributed by atoms with E-state index in [9.17, 15) is 9.59 Å². The second-order valence-corrected chi connectivity index (χ2v) is 6.28. The van der Waals surface area contributed by atoms with Gasteiger partial charge in [-0.05, 0) is 41.6 Å². The van der Waals surface area contributed by atoms with Crippen molar-refractivity contribution < 1.29 is 14.3 Å². The van der Waals surface area contributed by atoms with Crippen LogP contribution in [0.25, 0.3) is 0 Å². The van der Waals surface area contributed by atoms with Gasteiger partial charge < -0.3 is 10.1 Å². The molecule has 0 saturated heterocycles. The predicted molar refractivity (Wildman–Crippen MR) is 87.6 cm³/mol. The highest BCUT2D eigenvalue weighted by atomic mass is 35.5. The molecule has 1 N–H and O–H groups in total. The fraction of sp³-hybridized carbons (Fsp3) is 0.200. The van der Waals surface area contributed by atoms with Gasteiger partial charge in [0.25, 0.3) is 5.91 Å². The lowest BCUT2D eigenvalue weighted by Gasteiger charge is -2.08. The summed E-state index contributed by atoms with van der Waals surface area (Å²) >= 11 is 13.1. The van der Waals surface area contributed by atoms with Gasteiger partial charge in [0, 0.05) is 16.6 Å². The molecular weight excluding hydrogens is 345 g/mol. The van der Waals surface area contributed by atoms with Crippen LogP contribution in [0.5, 0.6) is 0 Å². The summed E-state index contributed by atoms with van der Waals surface area (Å²) in [6, 6.07) is 6.84. The van der Waals surface area contributed by atoms with E-state index in [0.717, 1.165) is 11.1 Å². The first-order chi connectivity index (χ1) is 10.5. The van der Waals surface area contributed by atoms with Crippen LogP contribution >= 0.6 is 34.5 Å². The Hall–Kier alpha value is -1.56. The molecule has 4 nitrogen and oxygen atoms in total. The van der Waals surface area contributed by atoms with Crippen LogP contribution < -0.4 is 5.32 Å². The third kappa shape index (κ3) is 4.47. The number of benzene rings is 1. The van der Waals surface area contributed by atoms with Crippen molar-refractivity contribution in [3.63, 3.8) is 0 Å². The first-order valence-electron chi connectivity index (χ1n) is 6.39. The monoisotopic (exact) mass is 357 g/mol. The number of hydrogen-bond acceptors (Lipinski definition) is 4. The van der Waals surface area contributed by atoms with Crippen LogP contribution in [0.3, 0.4) is 0 Å². The van der Waals surface area contributed by atoms with Crippen LogP contribution in [-0.4, -0.2) is 18.5 Å². The Morgan fingerprint density at radius 1 is 1.27 bits per heavy atom. The molecule has 116 valence electrons. The number of ether oxygens (including phenoxy) is 1. The molecule has 0 spiro atoms. The molecule has 0 unspecified atom stereocenters. The standard InChI is InChI=1S/C15H13Cl2NO3S/c1-9-4-5-22-14(9)15(20)21-8-13(19)18-7-10-2-3-11(16)6-12(10)17/h2-6H,7-8H2,1H3,(H,18,19). The zero-order valence-electron chi connectivity index (χ0n) is 11.7. The quantitative estimate of drug-likeness (QED) is 0.827. The number of thiophene rings is 1. The van der Waals surface area contributed by atoms with E-state index in [-0.39, 0.29) is 13.2 Å². The van der Waals surface area contributed by atoms with E-state index in [4.69, 9.17) is 27.9 Å². The topological polar surface area (TPSA) is 55.4 Å². The number of carbonyl (C=O) groups excluding carboxylic acids is 2. The summed E-state index contributed by atoms with van der Waals surface area (Å²) in [5.41, 5.74) is 1.57. The van der Waals surface area contributed by atoms with Crippen LogP contribution in [0.1, 0.15) is 20.8 Å². The minimum atomic E-state index is -0.493. The second kappa shape index (κ2) is 7.63. The van der Waals surface area contributed by atoms with Crippen molar-refractivity contribution in [2.75, 3.05) is 6.61 Å². The van der Waals surface area contributed by atoms with E-state index in [1.807, 2.05) is 13.0 Å². The normalized spacial score (nSPS) is 10.3. The summed E-state index contributed by atoms with van der Waals surface area (Å²) in [6.07, 6.45) is 0. The smallest absolute Gasteiger partial charge is 0.349 e. The first kappa shape index (κ1) is 16.8. The van der Waals surface area contributed by atoms with E-state index >= 15 is 0 Å². The summed E-state index contributed by atoms with van der Waals surface area (Å²) in [5.74, 6) is -0.888. The fourth-order valence-electron chi connectivity index (χ4n) is 1.69. The summed E-state index contributed by atoms with van der Waals surface area (Å²) in [6.45, 7) is 1.72. The molecule has 0 aliphatic heterocycles. The highest BCUT2D eigenvalue weighted by Gasteiger charge is 2.14. The molecule has 2 aromatic rings. The number of carbonyl (C=O) groups is 2.